The molecule has 0 saturated heterocycles. The fourth-order valence-electron chi connectivity index (χ4n) is 0.962. The van der Waals surface area contributed by atoms with Crippen LogP contribution >= 0.6 is 23.2 Å². The highest BCUT2D eigenvalue weighted by Crippen LogP contribution is 2.09. The highest BCUT2D eigenvalue weighted by Gasteiger charge is 2.19. The number of aromatic nitrogens is 1. The molecular formula is C8H10BCl2NO2. The van der Waals surface area contributed by atoms with Crippen molar-refractivity contribution in [3.8, 4) is 0 Å². The van der Waals surface area contributed by atoms with Crippen LogP contribution in [0.1, 0.15) is 13.8 Å². The van der Waals surface area contributed by atoms with Crippen molar-refractivity contribution >= 4 is 35.8 Å². The summed E-state index contributed by atoms with van der Waals surface area (Å²) in [4.78, 5) is 3.76. The molecule has 1 N–H and O–H groups in total. The molecule has 0 unspecified atom stereocenters. The van der Waals surface area contributed by atoms with E-state index in [-0.39, 0.29) is 16.4 Å². The van der Waals surface area contributed by atoms with E-state index in [4.69, 9.17) is 27.9 Å². The molecule has 0 bridgehead atoms. The molecule has 0 aromatic carbocycles. The van der Waals surface area contributed by atoms with E-state index in [0.717, 1.165) is 0 Å². The van der Waals surface area contributed by atoms with Gasteiger partial charge in [-0.25, -0.2) is 4.98 Å². The summed E-state index contributed by atoms with van der Waals surface area (Å²) in [6.07, 6.45) is -0.0734. The lowest BCUT2D eigenvalue weighted by Crippen LogP contribution is -2.36. The fraction of sp³-hybridized carbons (Fsp3) is 0.375. The Morgan fingerprint density at radius 2 is 1.86 bits per heavy atom. The molecule has 76 valence electrons. The van der Waals surface area contributed by atoms with Gasteiger partial charge in [-0.1, -0.05) is 23.2 Å². The van der Waals surface area contributed by atoms with Crippen molar-refractivity contribution in [3.05, 3.63) is 22.4 Å². The molecule has 1 heterocycles. The molecule has 0 atom stereocenters. The molecule has 0 aliphatic heterocycles. The number of hydrogen-bond acceptors (Lipinski definition) is 3. The smallest absolute Gasteiger partial charge is 0.423 e. The fourth-order valence-corrected chi connectivity index (χ4v) is 1.44. The summed E-state index contributed by atoms with van der Waals surface area (Å²) in [7, 11) is -1.02. The second kappa shape index (κ2) is 4.98. The third kappa shape index (κ3) is 3.46. The van der Waals surface area contributed by atoms with E-state index in [0.29, 0.717) is 5.46 Å². The maximum atomic E-state index is 9.57. The molecule has 1 aromatic rings. The van der Waals surface area contributed by atoms with Gasteiger partial charge >= 0.3 is 7.12 Å². The first-order valence-electron chi connectivity index (χ1n) is 4.15. The molecule has 14 heavy (non-hydrogen) atoms. The highest BCUT2D eigenvalue weighted by molar-refractivity contribution is 6.60. The molecule has 1 rings (SSSR count). The molecule has 0 fully saturated rings. The lowest BCUT2D eigenvalue weighted by atomic mass is 9.80. The van der Waals surface area contributed by atoms with E-state index in [1.807, 2.05) is 13.8 Å². The van der Waals surface area contributed by atoms with Crippen molar-refractivity contribution in [1.29, 1.82) is 0 Å². The van der Waals surface area contributed by atoms with Gasteiger partial charge < -0.3 is 9.68 Å². The summed E-state index contributed by atoms with van der Waals surface area (Å²) >= 11 is 11.3. The first-order valence-corrected chi connectivity index (χ1v) is 4.91. The SMILES string of the molecule is CC(C)OB(O)c1cc(Cl)nc(Cl)c1. The Hall–Kier alpha value is -0.285. The molecule has 0 radical (unpaired) electrons. The average molecular weight is 234 g/mol. The second-order valence-electron chi connectivity index (χ2n) is 3.08. The van der Waals surface area contributed by atoms with Gasteiger partial charge in [-0.05, 0) is 31.4 Å². The Morgan fingerprint density at radius 1 is 1.36 bits per heavy atom. The lowest BCUT2D eigenvalue weighted by Gasteiger charge is -2.11. The molecule has 0 saturated carbocycles. The number of nitrogens with zero attached hydrogens (tertiary/aromatic N) is 1. The van der Waals surface area contributed by atoms with Crippen LogP contribution in [0.3, 0.4) is 0 Å². The van der Waals surface area contributed by atoms with E-state index < -0.39 is 7.12 Å². The molecule has 0 amide bonds. The zero-order valence-electron chi connectivity index (χ0n) is 7.87. The normalized spacial score (nSPS) is 10.7. The number of rotatable bonds is 3. The average Bonchev–Trinajstić information content (AvgIpc) is 2.00. The van der Waals surface area contributed by atoms with Gasteiger partial charge in [0.2, 0.25) is 0 Å². The van der Waals surface area contributed by atoms with Crippen molar-refractivity contribution in [3.63, 3.8) is 0 Å². The monoisotopic (exact) mass is 233 g/mol. The van der Waals surface area contributed by atoms with Crippen molar-refractivity contribution in [1.82, 2.24) is 4.98 Å². The van der Waals surface area contributed by atoms with Gasteiger partial charge in [0.25, 0.3) is 0 Å². The summed E-state index contributed by atoms with van der Waals surface area (Å²) in [6, 6.07) is 3.03. The largest absolute Gasteiger partial charge is 0.491 e. The van der Waals surface area contributed by atoms with Crippen LogP contribution in [0, 0.1) is 0 Å². The first-order chi connectivity index (χ1) is 6.49. The van der Waals surface area contributed by atoms with E-state index in [1.54, 1.807) is 0 Å². The van der Waals surface area contributed by atoms with Crippen LogP contribution in [0.15, 0.2) is 12.1 Å². The number of hydrogen-bond donors (Lipinski definition) is 1. The van der Waals surface area contributed by atoms with Gasteiger partial charge in [0.05, 0.1) is 0 Å². The van der Waals surface area contributed by atoms with Crippen LogP contribution in [-0.2, 0) is 4.65 Å². The zero-order chi connectivity index (χ0) is 10.7. The van der Waals surface area contributed by atoms with Crippen LogP contribution in [0.25, 0.3) is 0 Å². The topological polar surface area (TPSA) is 42.4 Å². The van der Waals surface area contributed by atoms with E-state index >= 15 is 0 Å². The van der Waals surface area contributed by atoms with Gasteiger partial charge in [0.1, 0.15) is 10.3 Å². The Morgan fingerprint density at radius 3 is 2.29 bits per heavy atom. The van der Waals surface area contributed by atoms with Gasteiger partial charge in [-0.15, -0.1) is 0 Å². The van der Waals surface area contributed by atoms with Crippen molar-refractivity contribution < 1.29 is 9.68 Å². The molecule has 1 aromatic heterocycles. The Kier molecular flexibility index (Phi) is 4.19. The predicted molar refractivity (Wildman–Crippen MR) is 58.1 cm³/mol. The maximum Gasteiger partial charge on any atom is 0.491 e. The Balaban J connectivity index is 2.84. The molecular weight excluding hydrogens is 224 g/mol. The van der Waals surface area contributed by atoms with Gasteiger partial charge in [0, 0.05) is 6.10 Å². The Labute approximate surface area is 93.2 Å². The minimum Gasteiger partial charge on any atom is -0.423 e. The molecule has 6 heteroatoms. The van der Waals surface area contributed by atoms with E-state index in [9.17, 15) is 5.02 Å². The molecule has 0 aliphatic rings. The van der Waals surface area contributed by atoms with Gasteiger partial charge in [0.15, 0.2) is 0 Å². The summed E-state index contributed by atoms with van der Waals surface area (Å²) < 4.78 is 5.16. The predicted octanol–water partition coefficient (Wildman–Crippen LogP) is 1.50. The lowest BCUT2D eigenvalue weighted by molar-refractivity contribution is 0.207. The zero-order valence-corrected chi connectivity index (χ0v) is 9.38. The van der Waals surface area contributed by atoms with Crippen LogP contribution < -0.4 is 5.46 Å². The van der Waals surface area contributed by atoms with Crippen molar-refractivity contribution in [2.45, 2.75) is 20.0 Å². The quantitative estimate of drug-likeness (QED) is 0.636. The minimum absolute atomic E-state index is 0.0734. The van der Waals surface area contributed by atoms with Crippen molar-refractivity contribution in [2.24, 2.45) is 0 Å². The maximum absolute atomic E-state index is 9.57. The van der Waals surface area contributed by atoms with Crippen LogP contribution in [0.5, 0.6) is 0 Å². The molecule has 0 spiro atoms. The van der Waals surface area contributed by atoms with Crippen LogP contribution in [-0.4, -0.2) is 23.2 Å². The van der Waals surface area contributed by atoms with Gasteiger partial charge in [-0.2, -0.15) is 0 Å². The second-order valence-corrected chi connectivity index (χ2v) is 3.86. The van der Waals surface area contributed by atoms with Crippen LogP contribution in [0.4, 0.5) is 0 Å². The van der Waals surface area contributed by atoms with Crippen LogP contribution in [0.2, 0.25) is 10.3 Å². The van der Waals surface area contributed by atoms with Gasteiger partial charge in [-0.3, -0.25) is 0 Å². The highest BCUT2D eigenvalue weighted by atomic mass is 35.5. The Bertz CT molecular complexity index is 302. The van der Waals surface area contributed by atoms with Crippen molar-refractivity contribution in [2.75, 3.05) is 0 Å². The summed E-state index contributed by atoms with van der Waals surface area (Å²) in [5.74, 6) is 0. The van der Waals surface area contributed by atoms with E-state index in [1.165, 1.54) is 12.1 Å². The third-order valence-corrected chi connectivity index (χ3v) is 1.86. The standard InChI is InChI=1S/C8H10BCl2NO2/c1-5(2)14-9(13)6-3-7(10)12-8(11)4-6/h3-5,13H,1-2H3. The molecule has 0 aliphatic carbocycles. The first kappa shape index (κ1) is 11.8. The summed E-state index contributed by atoms with van der Waals surface area (Å²) in [6.45, 7) is 3.65. The number of pyridine rings is 1. The summed E-state index contributed by atoms with van der Waals surface area (Å²) in [5, 5.41) is 10.0. The molecule has 3 nitrogen and oxygen atoms in total. The summed E-state index contributed by atoms with van der Waals surface area (Å²) in [5.41, 5.74) is 0.503. The minimum atomic E-state index is -1.02. The third-order valence-electron chi connectivity index (χ3n) is 1.47. The van der Waals surface area contributed by atoms with E-state index in [2.05, 4.69) is 4.98 Å². The number of halogens is 2.